The summed E-state index contributed by atoms with van der Waals surface area (Å²) in [6.07, 6.45) is 4.11. The van der Waals surface area contributed by atoms with Gasteiger partial charge in [-0.1, -0.05) is 6.07 Å². The van der Waals surface area contributed by atoms with Crippen LogP contribution in [-0.2, 0) is 13.1 Å². The fourth-order valence-corrected chi connectivity index (χ4v) is 5.88. The summed E-state index contributed by atoms with van der Waals surface area (Å²) in [5, 5.41) is 12.8. The Labute approximate surface area is 220 Å². The van der Waals surface area contributed by atoms with Crippen LogP contribution in [0.25, 0.3) is 10.9 Å². The summed E-state index contributed by atoms with van der Waals surface area (Å²) >= 11 is 1.73. The van der Waals surface area contributed by atoms with Crippen LogP contribution in [-0.4, -0.2) is 33.2 Å². The largest absolute Gasteiger partial charge is 0.348 e. The Morgan fingerprint density at radius 2 is 2.03 bits per heavy atom. The smallest absolute Gasteiger partial charge is 0.253 e. The van der Waals surface area contributed by atoms with Crippen LogP contribution in [0.1, 0.15) is 69.0 Å². The topological polar surface area (TPSA) is 82.5 Å². The van der Waals surface area contributed by atoms with Gasteiger partial charge in [-0.15, -0.1) is 11.3 Å². The number of pyridine rings is 1. The van der Waals surface area contributed by atoms with Gasteiger partial charge in [0.15, 0.2) is 0 Å². The summed E-state index contributed by atoms with van der Waals surface area (Å²) < 4.78 is 2.23. The number of thiophene rings is 1. The van der Waals surface area contributed by atoms with Gasteiger partial charge in [0.25, 0.3) is 11.5 Å². The molecule has 0 radical (unpaired) electrons. The minimum Gasteiger partial charge on any atom is -0.348 e. The first-order valence-electron chi connectivity index (χ1n) is 12.7. The first-order valence-corrected chi connectivity index (χ1v) is 13.5. The molecule has 5 rings (SSSR count). The molecule has 0 bridgehead atoms. The average molecular weight is 516 g/mol. The predicted octanol–water partition coefficient (Wildman–Crippen LogP) is 5.41. The van der Waals surface area contributed by atoms with Gasteiger partial charge in [-0.25, -0.2) is 0 Å². The summed E-state index contributed by atoms with van der Waals surface area (Å²) in [6.45, 7) is 11.8. The molecule has 1 unspecified atom stereocenters. The molecule has 0 fully saturated rings. The Bertz CT molecular complexity index is 1540. The monoisotopic (exact) mass is 515 g/mol. The Morgan fingerprint density at radius 3 is 2.73 bits per heavy atom. The molecule has 1 atom stereocenters. The number of hydrazone groups is 1. The molecule has 0 saturated heterocycles. The van der Waals surface area contributed by atoms with Crippen LogP contribution in [0.2, 0.25) is 0 Å². The highest BCUT2D eigenvalue weighted by atomic mass is 32.1. The van der Waals surface area contributed by atoms with E-state index in [1.165, 1.54) is 4.88 Å². The van der Waals surface area contributed by atoms with Gasteiger partial charge in [0.2, 0.25) is 0 Å². The highest BCUT2D eigenvalue weighted by Gasteiger charge is 2.25. The quantitative estimate of drug-likeness (QED) is 0.345. The van der Waals surface area contributed by atoms with Crippen LogP contribution in [0.5, 0.6) is 0 Å². The number of H-pyrrole nitrogens is 1. The fraction of sp³-hybridized carbons (Fsp3) is 0.345. The van der Waals surface area contributed by atoms with Crippen molar-refractivity contribution in [2.24, 2.45) is 5.10 Å². The van der Waals surface area contributed by atoms with Crippen molar-refractivity contribution in [1.82, 2.24) is 19.9 Å². The number of aryl methyl sites for hydroxylation is 3. The van der Waals surface area contributed by atoms with E-state index >= 15 is 0 Å². The molecule has 192 valence electrons. The second-order valence-electron chi connectivity index (χ2n) is 10.2. The van der Waals surface area contributed by atoms with E-state index in [9.17, 15) is 9.59 Å². The molecular formula is C29H33N5O2S. The number of rotatable bonds is 7. The molecule has 4 heterocycles. The van der Waals surface area contributed by atoms with E-state index in [4.69, 9.17) is 0 Å². The maximum atomic E-state index is 13.6. The van der Waals surface area contributed by atoms with E-state index in [1.807, 2.05) is 39.1 Å². The van der Waals surface area contributed by atoms with E-state index in [2.05, 4.69) is 68.6 Å². The van der Waals surface area contributed by atoms with Crippen molar-refractivity contribution in [2.75, 3.05) is 6.54 Å². The Hall–Kier alpha value is -3.65. The zero-order chi connectivity index (χ0) is 26.3. The second kappa shape index (κ2) is 10.0. The zero-order valence-electron chi connectivity index (χ0n) is 22.0. The van der Waals surface area contributed by atoms with E-state index in [0.717, 1.165) is 46.4 Å². The van der Waals surface area contributed by atoms with Crippen molar-refractivity contribution in [3.63, 3.8) is 0 Å². The van der Waals surface area contributed by atoms with E-state index in [1.54, 1.807) is 11.3 Å². The first kappa shape index (κ1) is 25.0. The number of nitrogens with one attached hydrogen (secondary N) is 2. The van der Waals surface area contributed by atoms with Crippen molar-refractivity contribution in [2.45, 2.75) is 59.7 Å². The highest BCUT2D eigenvalue weighted by Crippen LogP contribution is 2.33. The van der Waals surface area contributed by atoms with E-state index < -0.39 is 0 Å². The molecule has 37 heavy (non-hydrogen) atoms. The molecule has 3 aromatic heterocycles. The molecule has 4 aromatic rings. The van der Waals surface area contributed by atoms with Crippen molar-refractivity contribution in [3.05, 3.63) is 90.7 Å². The Morgan fingerprint density at radius 1 is 1.22 bits per heavy atom. The Balaban J connectivity index is 1.48. The number of hydrogen-bond donors (Lipinski definition) is 2. The summed E-state index contributed by atoms with van der Waals surface area (Å²) in [6, 6.07) is 10.6. The van der Waals surface area contributed by atoms with Crippen molar-refractivity contribution >= 4 is 34.4 Å². The average Bonchev–Trinajstić information content (AvgIpc) is 3.59. The van der Waals surface area contributed by atoms with Gasteiger partial charge in [-0.2, -0.15) is 5.10 Å². The maximum absolute atomic E-state index is 13.6. The van der Waals surface area contributed by atoms with Gasteiger partial charge in [0, 0.05) is 70.1 Å². The van der Waals surface area contributed by atoms with Crippen LogP contribution in [0.4, 0.5) is 0 Å². The molecule has 7 nitrogen and oxygen atoms in total. The summed E-state index contributed by atoms with van der Waals surface area (Å²) in [5.41, 5.74) is 5.91. The minimum absolute atomic E-state index is 0.0916. The number of carbonyl (C=O) groups excluding carboxylic acids is 1. The maximum Gasteiger partial charge on any atom is 0.253 e. The van der Waals surface area contributed by atoms with Crippen molar-refractivity contribution < 1.29 is 4.79 Å². The van der Waals surface area contributed by atoms with Gasteiger partial charge in [-0.05, 0) is 81.0 Å². The predicted molar refractivity (Wildman–Crippen MR) is 151 cm³/mol. The lowest BCUT2D eigenvalue weighted by atomic mass is 9.95. The zero-order valence-corrected chi connectivity index (χ0v) is 22.8. The van der Waals surface area contributed by atoms with Gasteiger partial charge < -0.3 is 14.9 Å². The van der Waals surface area contributed by atoms with Crippen molar-refractivity contribution in [1.29, 1.82) is 0 Å². The van der Waals surface area contributed by atoms with Gasteiger partial charge in [-0.3, -0.25) is 14.6 Å². The molecule has 0 aliphatic carbocycles. The minimum atomic E-state index is -0.179. The third-order valence-corrected chi connectivity index (χ3v) is 7.89. The van der Waals surface area contributed by atoms with Crippen LogP contribution in [0.3, 0.4) is 0 Å². The molecule has 1 aliphatic rings. The number of amides is 1. The van der Waals surface area contributed by atoms with Gasteiger partial charge in [0.1, 0.15) is 0 Å². The number of aromatic amines is 1. The van der Waals surface area contributed by atoms with Crippen molar-refractivity contribution in [3.8, 4) is 0 Å². The summed E-state index contributed by atoms with van der Waals surface area (Å²) in [7, 11) is 0. The third-order valence-electron chi connectivity index (χ3n) is 7.03. The van der Waals surface area contributed by atoms with E-state index in [-0.39, 0.29) is 30.0 Å². The molecule has 8 heteroatoms. The molecule has 1 aliphatic heterocycles. The molecular weight excluding hydrogens is 482 g/mol. The number of nitrogens with zero attached hydrogens (tertiary/aromatic N) is 3. The number of carbonyl (C=O) groups is 1. The fourth-order valence-electron chi connectivity index (χ4n) is 5.17. The Kier molecular flexibility index (Phi) is 6.77. The van der Waals surface area contributed by atoms with Crippen LogP contribution in [0, 0.1) is 20.8 Å². The number of hydrogen-bond acceptors (Lipinski definition) is 5. The summed E-state index contributed by atoms with van der Waals surface area (Å²) in [4.78, 5) is 30.2. The SMILES string of the molecule is Cc1cc(C)c(CNC(=O)c2cc(C3C=NN(Cc4cccs4)C3)cc3c2c(C)cn3C(C)C)c(=O)[nH]1. The summed E-state index contributed by atoms with van der Waals surface area (Å²) in [5.74, 6) is -0.0878. The first-order chi connectivity index (χ1) is 17.7. The van der Waals surface area contributed by atoms with E-state index in [0.29, 0.717) is 11.1 Å². The lowest BCUT2D eigenvalue weighted by molar-refractivity contribution is 0.0952. The molecule has 0 saturated carbocycles. The number of fused-ring (bicyclic) bond motifs is 1. The van der Waals surface area contributed by atoms with Gasteiger partial charge in [0.05, 0.1) is 6.54 Å². The van der Waals surface area contributed by atoms with Gasteiger partial charge >= 0.3 is 0 Å². The normalized spacial score (nSPS) is 15.3. The van der Waals surface area contributed by atoms with Crippen LogP contribution < -0.4 is 10.9 Å². The highest BCUT2D eigenvalue weighted by molar-refractivity contribution is 7.09. The molecule has 2 N–H and O–H groups in total. The second-order valence-corrected chi connectivity index (χ2v) is 11.2. The standard InChI is InChI=1S/C29H33N5O2S/c1-17(2)34-14-19(4)27-24(28(35)30-13-25-18(3)9-20(5)32-29(25)36)10-21(11-26(27)34)22-12-31-33(15-22)16-23-7-6-8-37-23/h6-12,14,17,22H,13,15-16H2,1-5H3,(H,30,35)(H,32,36). The third kappa shape index (κ3) is 4.98. The lowest BCUT2D eigenvalue weighted by Gasteiger charge is -2.18. The molecule has 0 spiro atoms. The molecule has 1 aromatic carbocycles. The number of aromatic nitrogens is 2. The van der Waals surface area contributed by atoms with Crippen LogP contribution >= 0.6 is 11.3 Å². The molecule has 1 amide bonds. The van der Waals surface area contributed by atoms with Crippen LogP contribution in [0.15, 0.2) is 51.8 Å². The lowest BCUT2D eigenvalue weighted by Crippen LogP contribution is -2.28. The number of benzene rings is 1.